The van der Waals surface area contributed by atoms with E-state index in [4.69, 9.17) is 23.8 Å². The van der Waals surface area contributed by atoms with Crippen molar-refractivity contribution in [2.45, 2.75) is 38.4 Å². The average molecular weight is 475 g/mol. The molecule has 2 aliphatic heterocycles. The van der Waals surface area contributed by atoms with Gasteiger partial charge in [-0.05, 0) is 92.7 Å². The van der Waals surface area contributed by atoms with Crippen LogP contribution in [-0.4, -0.2) is 22.7 Å². The molecule has 0 amide bonds. The van der Waals surface area contributed by atoms with Crippen LogP contribution in [0.1, 0.15) is 49.7 Å². The molecular weight excluding hydrogens is 448 g/mol. The summed E-state index contributed by atoms with van der Waals surface area (Å²) in [5.41, 5.74) is 6.91. The highest BCUT2D eigenvalue weighted by molar-refractivity contribution is 7.80. The monoisotopic (exact) mass is 474 g/mol. The van der Waals surface area contributed by atoms with Crippen molar-refractivity contribution in [1.82, 2.24) is 10.3 Å². The van der Waals surface area contributed by atoms with Gasteiger partial charge in [0.2, 0.25) is 0 Å². The Labute approximate surface area is 205 Å². The van der Waals surface area contributed by atoms with E-state index >= 15 is 0 Å². The van der Waals surface area contributed by atoms with Crippen LogP contribution >= 0.6 is 23.8 Å². The summed E-state index contributed by atoms with van der Waals surface area (Å²) in [6.07, 6.45) is 4.17. The van der Waals surface area contributed by atoms with Gasteiger partial charge in [0.15, 0.2) is 5.11 Å². The Kier molecular flexibility index (Phi) is 5.42. The fourth-order valence-corrected chi connectivity index (χ4v) is 5.41. The van der Waals surface area contributed by atoms with Gasteiger partial charge in [-0.15, -0.1) is 0 Å². The molecular formula is C27H27ClN4S. The van der Waals surface area contributed by atoms with E-state index in [2.05, 4.69) is 78.3 Å². The van der Waals surface area contributed by atoms with Gasteiger partial charge in [-0.25, -0.2) is 0 Å². The van der Waals surface area contributed by atoms with Gasteiger partial charge in [0.05, 0.1) is 23.3 Å². The maximum atomic E-state index is 6.18. The van der Waals surface area contributed by atoms with Gasteiger partial charge in [0.25, 0.3) is 0 Å². The van der Waals surface area contributed by atoms with Crippen LogP contribution in [0, 0.1) is 0 Å². The fraction of sp³-hybridized carbons (Fsp3) is 0.259. The first kappa shape index (κ1) is 21.9. The van der Waals surface area contributed by atoms with Crippen LogP contribution in [0.2, 0.25) is 5.02 Å². The van der Waals surface area contributed by atoms with Crippen molar-refractivity contribution in [1.29, 1.82) is 0 Å². The van der Waals surface area contributed by atoms with Crippen LogP contribution in [0.3, 0.4) is 0 Å². The topological polar surface area (TPSA) is 31.4 Å². The molecule has 6 heteroatoms. The summed E-state index contributed by atoms with van der Waals surface area (Å²) < 4.78 is 0. The largest absolute Gasteiger partial charge is 0.366 e. The van der Waals surface area contributed by atoms with E-state index in [0.717, 1.165) is 11.4 Å². The van der Waals surface area contributed by atoms with Crippen molar-refractivity contribution in [3.8, 4) is 0 Å². The van der Waals surface area contributed by atoms with E-state index < -0.39 is 0 Å². The Hall–Kier alpha value is -2.89. The first-order valence-corrected chi connectivity index (χ1v) is 11.9. The van der Waals surface area contributed by atoms with E-state index in [9.17, 15) is 0 Å². The Bertz CT molecular complexity index is 1240. The van der Waals surface area contributed by atoms with Crippen molar-refractivity contribution in [2.24, 2.45) is 0 Å². The lowest BCUT2D eigenvalue weighted by Gasteiger charge is -2.41. The Morgan fingerprint density at radius 1 is 1.06 bits per heavy atom. The molecule has 2 aromatic carbocycles. The number of pyridine rings is 1. The van der Waals surface area contributed by atoms with E-state index in [1.54, 1.807) is 0 Å². The summed E-state index contributed by atoms with van der Waals surface area (Å²) >= 11 is 12.0. The lowest BCUT2D eigenvalue weighted by atomic mass is 9.86. The maximum absolute atomic E-state index is 6.18. The number of halogens is 1. The molecule has 2 unspecified atom stereocenters. The van der Waals surface area contributed by atoms with Crippen LogP contribution in [0.4, 0.5) is 11.4 Å². The molecule has 4 nitrogen and oxygen atoms in total. The summed E-state index contributed by atoms with van der Waals surface area (Å²) in [5, 5.41) is 4.92. The minimum absolute atomic E-state index is 0.0269. The minimum atomic E-state index is -0.0746. The quantitative estimate of drug-likeness (QED) is 0.435. The third kappa shape index (κ3) is 3.79. The van der Waals surface area contributed by atoms with Gasteiger partial charge in [-0.2, -0.15) is 0 Å². The third-order valence-corrected chi connectivity index (χ3v) is 7.35. The number of benzene rings is 2. The SMILES string of the molecule is CC1=CC(C)(C)N(C)c2ccc(C3C(c4ccccn4)NC(=S)N3c3ccc(Cl)cc3)cc21. The molecule has 0 saturated carbocycles. The smallest absolute Gasteiger partial charge is 0.174 e. The van der Waals surface area contributed by atoms with Crippen molar-refractivity contribution in [3.05, 3.63) is 94.8 Å². The minimum Gasteiger partial charge on any atom is -0.366 e. The van der Waals surface area contributed by atoms with Crippen LogP contribution in [0.5, 0.6) is 0 Å². The molecule has 1 aromatic heterocycles. The summed E-state index contributed by atoms with van der Waals surface area (Å²) in [4.78, 5) is 9.18. The number of aromatic nitrogens is 1. The number of thiocarbonyl (C=S) groups is 1. The number of anilines is 2. The summed E-state index contributed by atoms with van der Waals surface area (Å²) in [7, 11) is 2.16. The second-order valence-corrected chi connectivity index (χ2v) is 10.1. The molecule has 0 radical (unpaired) electrons. The zero-order chi connectivity index (χ0) is 23.3. The first-order chi connectivity index (χ1) is 15.8. The molecule has 2 aliphatic rings. The summed E-state index contributed by atoms with van der Waals surface area (Å²) in [6, 6.07) is 20.5. The number of allylic oxidation sites excluding steroid dienone is 1. The van der Waals surface area contributed by atoms with E-state index in [0.29, 0.717) is 10.1 Å². The highest BCUT2D eigenvalue weighted by Crippen LogP contribution is 2.45. The van der Waals surface area contributed by atoms with E-state index in [1.165, 1.54) is 22.4 Å². The molecule has 1 fully saturated rings. The number of rotatable bonds is 3. The van der Waals surface area contributed by atoms with E-state index in [1.807, 2.05) is 42.6 Å². The molecule has 33 heavy (non-hydrogen) atoms. The normalized spacial score (nSPS) is 21.5. The van der Waals surface area contributed by atoms with Gasteiger partial charge in [0.1, 0.15) is 0 Å². The average Bonchev–Trinajstić information content (AvgIpc) is 3.15. The number of hydrogen-bond donors (Lipinski definition) is 1. The first-order valence-electron chi connectivity index (χ1n) is 11.1. The van der Waals surface area contributed by atoms with Gasteiger partial charge in [-0.1, -0.05) is 29.8 Å². The zero-order valence-electron chi connectivity index (χ0n) is 19.2. The number of hydrogen-bond acceptors (Lipinski definition) is 3. The second-order valence-electron chi connectivity index (χ2n) is 9.29. The lowest BCUT2D eigenvalue weighted by Crippen LogP contribution is -2.42. The fourth-order valence-electron chi connectivity index (χ4n) is 4.93. The van der Waals surface area contributed by atoms with Crippen LogP contribution in [-0.2, 0) is 0 Å². The molecule has 5 rings (SSSR count). The van der Waals surface area contributed by atoms with Gasteiger partial charge < -0.3 is 15.1 Å². The van der Waals surface area contributed by atoms with Gasteiger partial charge >= 0.3 is 0 Å². The molecule has 168 valence electrons. The number of nitrogens with zero attached hydrogens (tertiary/aromatic N) is 3. The van der Waals surface area contributed by atoms with Crippen LogP contribution in [0.15, 0.2) is 72.9 Å². The Morgan fingerprint density at radius 3 is 2.52 bits per heavy atom. The third-order valence-electron chi connectivity index (χ3n) is 6.79. The standard InChI is InChI=1S/C27H27ClN4S/c1-17-16-27(2,3)31(4)23-13-8-18(15-21(17)23)25-24(22-7-5-6-14-29-22)30-26(33)32(25)20-11-9-19(28)10-12-20/h5-16,24-25H,1-4H3,(H,30,33). The van der Waals surface area contributed by atoms with Gasteiger partial charge in [0, 0.05) is 35.2 Å². The van der Waals surface area contributed by atoms with Crippen molar-refractivity contribution in [3.63, 3.8) is 0 Å². The van der Waals surface area contributed by atoms with Crippen LogP contribution < -0.4 is 15.1 Å². The summed E-state index contributed by atoms with van der Waals surface area (Å²) in [5.74, 6) is 0. The molecule has 3 aromatic rings. The van der Waals surface area contributed by atoms with Crippen molar-refractivity contribution in [2.75, 3.05) is 16.8 Å². The number of likely N-dealkylation sites (N-methyl/N-ethyl adjacent to an activating group) is 1. The number of fused-ring (bicyclic) bond motifs is 1. The zero-order valence-corrected chi connectivity index (χ0v) is 20.8. The maximum Gasteiger partial charge on any atom is 0.174 e. The second kappa shape index (κ2) is 8.15. The predicted octanol–water partition coefficient (Wildman–Crippen LogP) is 6.54. The van der Waals surface area contributed by atoms with E-state index in [-0.39, 0.29) is 17.6 Å². The number of nitrogens with one attached hydrogen (secondary N) is 1. The van der Waals surface area contributed by atoms with Crippen LogP contribution in [0.25, 0.3) is 5.57 Å². The molecule has 1 N–H and O–H groups in total. The summed E-state index contributed by atoms with van der Waals surface area (Å²) in [6.45, 7) is 6.68. The van der Waals surface area contributed by atoms with Gasteiger partial charge in [-0.3, -0.25) is 4.98 Å². The molecule has 1 saturated heterocycles. The molecule has 2 atom stereocenters. The lowest BCUT2D eigenvalue weighted by molar-refractivity contribution is 0.566. The predicted molar refractivity (Wildman–Crippen MR) is 142 cm³/mol. The highest BCUT2D eigenvalue weighted by atomic mass is 35.5. The van der Waals surface area contributed by atoms with Crippen molar-refractivity contribution < 1.29 is 0 Å². The molecule has 0 bridgehead atoms. The highest BCUT2D eigenvalue weighted by Gasteiger charge is 2.41. The molecule has 0 aliphatic carbocycles. The Balaban J connectivity index is 1.65. The Morgan fingerprint density at radius 2 is 1.82 bits per heavy atom. The molecule has 3 heterocycles. The van der Waals surface area contributed by atoms with Crippen molar-refractivity contribution >= 4 is 45.9 Å². The molecule has 0 spiro atoms.